The maximum absolute atomic E-state index is 14.2. The summed E-state index contributed by atoms with van der Waals surface area (Å²) in [6.45, 7) is 6.10. The Morgan fingerprint density at radius 3 is 2.65 bits per heavy atom. The number of nitriles is 1. The van der Waals surface area contributed by atoms with Crippen LogP contribution >= 0.6 is 0 Å². The lowest BCUT2D eigenvalue weighted by Gasteiger charge is -2.17. The Morgan fingerprint density at radius 1 is 1.18 bits per heavy atom. The summed E-state index contributed by atoms with van der Waals surface area (Å²) in [6, 6.07) is 17.9. The number of nitro benzene ring substituents is 1. The Bertz CT molecular complexity index is 1280. The van der Waals surface area contributed by atoms with Gasteiger partial charge in [0.25, 0.3) is 5.69 Å². The predicted molar refractivity (Wildman–Crippen MR) is 129 cm³/mol. The molecule has 3 rings (SSSR count). The van der Waals surface area contributed by atoms with Crippen LogP contribution in [0.4, 0.5) is 10.1 Å². The Morgan fingerprint density at radius 2 is 1.97 bits per heavy atom. The zero-order chi connectivity index (χ0) is 24.5. The summed E-state index contributed by atoms with van der Waals surface area (Å²) in [7, 11) is 0. The summed E-state index contributed by atoms with van der Waals surface area (Å²) >= 11 is 0. The quantitative estimate of drug-likeness (QED) is 0.114. The monoisotopic (exact) mass is 458 g/mol. The van der Waals surface area contributed by atoms with Crippen LogP contribution in [0.3, 0.4) is 0 Å². The number of hydrogen-bond donors (Lipinski definition) is 0. The first-order chi connectivity index (χ1) is 16.5. The van der Waals surface area contributed by atoms with Crippen molar-refractivity contribution in [3.8, 4) is 17.6 Å². The fourth-order valence-electron chi connectivity index (χ4n) is 3.43. The van der Waals surface area contributed by atoms with Crippen molar-refractivity contribution >= 4 is 17.3 Å². The summed E-state index contributed by atoms with van der Waals surface area (Å²) in [6.07, 6.45) is 3.76. The highest BCUT2D eigenvalue weighted by atomic mass is 19.1. The number of nitrogens with zero attached hydrogens (tertiary/aromatic N) is 2. The highest BCUT2D eigenvalue weighted by Crippen LogP contribution is 2.36. The van der Waals surface area contributed by atoms with Crippen molar-refractivity contribution in [2.24, 2.45) is 0 Å². The normalized spacial score (nSPS) is 10.9. The van der Waals surface area contributed by atoms with Crippen LogP contribution in [0.25, 0.3) is 11.6 Å². The largest absolute Gasteiger partial charge is 0.490 e. The van der Waals surface area contributed by atoms with E-state index in [-0.39, 0.29) is 23.4 Å². The van der Waals surface area contributed by atoms with E-state index in [1.165, 1.54) is 18.2 Å². The molecule has 172 valence electrons. The third-order valence-corrected chi connectivity index (χ3v) is 4.92. The third kappa shape index (κ3) is 5.87. The first kappa shape index (κ1) is 24.2. The molecule has 0 saturated heterocycles. The molecule has 0 aliphatic rings. The van der Waals surface area contributed by atoms with Gasteiger partial charge >= 0.3 is 0 Å². The third-order valence-electron chi connectivity index (χ3n) is 4.92. The molecular weight excluding hydrogens is 435 g/mol. The highest BCUT2D eigenvalue weighted by molar-refractivity contribution is 5.90. The molecule has 0 saturated carbocycles. The van der Waals surface area contributed by atoms with Crippen LogP contribution < -0.4 is 9.47 Å². The molecule has 7 heteroatoms. The Kier molecular flexibility index (Phi) is 8.14. The van der Waals surface area contributed by atoms with Crippen molar-refractivity contribution in [3.05, 3.63) is 112 Å². The van der Waals surface area contributed by atoms with Gasteiger partial charge in [-0.15, -0.1) is 6.58 Å². The summed E-state index contributed by atoms with van der Waals surface area (Å²) in [4.78, 5) is 10.6. The molecule has 0 N–H and O–H groups in total. The minimum absolute atomic E-state index is 0.0184. The number of hydrogen-bond acceptors (Lipinski definition) is 5. The summed E-state index contributed by atoms with van der Waals surface area (Å²) in [5.41, 5.74) is 2.40. The van der Waals surface area contributed by atoms with Crippen molar-refractivity contribution in [2.75, 3.05) is 6.61 Å². The van der Waals surface area contributed by atoms with Crippen LogP contribution in [-0.4, -0.2) is 11.5 Å². The van der Waals surface area contributed by atoms with Gasteiger partial charge in [-0.2, -0.15) is 5.26 Å². The first-order valence-corrected chi connectivity index (χ1v) is 10.6. The zero-order valence-corrected chi connectivity index (χ0v) is 18.7. The van der Waals surface area contributed by atoms with E-state index >= 15 is 0 Å². The van der Waals surface area contributed by atoms with Crippen LogP contribution in [-0.2, 0) is 13.0 Å². The molecule has 0 spiro atoms. The van der Waals surface area contributed by atoms with Crippen LogP contribution in [0, 0.1) is 27.3 Å². The topological polar surface area (TPSA) is 85.4 Å². The van der Waals surface area contributed by atoms with Gasteiger partial charge < -0.3 is 9.47 Å². The smallest absolute Gasteiger partial charge is 0.269 e. The molecule has 3 aromatic carbocycles. The van der Waals surface area contributed by atoms with Crippen LogP contribution in [0.2, 0.25) is 0 Å². The van der Waals surface area contributed by atoms with Crippen molar-refractivity contribution < 1.29 is 18.8 Å². The van der Waals surface area contributed by atoms with Gasteiger partial charge in [0.1, 0.15) is 12.4 Å². The molecule has 0 unspecified atom stereocenters. The maximum Gasteiger partial charge on any atom is 0.269 e. The fraction of sp³-hybridized carbons (Fsp3) is 0.148. The predicted octanol–water partition coefficient (Wildman–Crippen LogP) is 6.50. The number of rotatable bonds is 10. The second kappa shape index (κ2) is 11.4. The molecule has 0 fully saturated rings. The molecular formula is C27H23FN2O4. The Hall–Kier alpha value is -4.44. The fourth-order valence-corrected chi connectivity index (χ4v) is 3.43. The second-order valence-electron chi connectivity index (χ2n) is 7.30. The molecule has 0 amide bonds. The SMILES string of the molecule is C=CCc1cc(C=C(C#N)c2ccccc2F)cc(OCC)c1OCc1cccc([N+](=O)[O-])c1. The number of halogens is 1. The van der Waals surface area contributed by atoms with E-state index in [1.54, 1.807) is 48.6 Å². The lowest BCUT2D eigenvalue weighted by atomic mass is 10.0. The van der Waals surface area contributed by atoms with Gasteiger partial charge in [0.2, 0.25) is 0 Å². The Balaban J connectivity index is 2.01. The maximum atomic E-state index is 14.2. The molecule has 0 bridgehead atoms. The van der Waals surface area contributed by atoms with Crippen molar-refractivity contribution in [1.29, 1.82) is 5.26 Å². The lowest BCUT2D eigenvalue weighted by Crippen LogP contribution is -2.04. The zero-order valence-electron chi connectivity index (χ0n) is 18.7. The molecule has 0 radical (unpaired) electrons. The van der Waals surface area contributed by atoms with Gasteiger partial charge in [0.05, 0.1) is 23.2 Å². The first-order valence-electron chi connectivity index (χ1n) is 10.6. The van der Waals surface area contributed by atoms with Gasteiger partial charge in [0, 0.05) is 23.3 Å². The van der Waals surface area contributed by atoms with Crippen LogP contribution in [0.15, 0.2) is 73.3 Å². The molecule has 34 heavy (non-hydrogen) atoms. The van der Waals surface area contributed by atoms with Gasteiger partial charge in [-0.3, -0.25) is 10.1 Å². The minimum atomic E-state index is -0.483. The van der Waals surface area contributed by atoms with Crippen LogP contribution in [0.1, 0.15) is 29.2 Å². The number of nitro groups is 1. The van der Waals surface area contributed by atoms with E-state index in [0.29, 0.717) is 35.7 Å². The van der Waals surface area contributed by atoms with E-state index in [2.05, 4.69) is 12.6 Å². The molecule has 0 aliphatic carbocycles. The van der Waals surface area contributed by atoms with E-state index in [1.807, 2.05) is 13.0 Å². The molecule has 6 nitrogen and oxygen atoms in total. The number of ether oxygens (including phenoxy) is 2. The summed E-state index contributed by atoms with van der Waals surface area (Å²) < 4.78 is 26.1. The van der Waals surface area contributed by atoms with Crippen molar-refractivity contribution in [1.82, 2.24) is 0 Å². The molecule has 0 aromatic heterocycles. The molecule has 3 aromatic rings. The standard InChI is InChI=1S/C27H23FN2O4/c1-3-8-21-13-20(14-22(17-29)24-11-5-6-12-25(24)28)16-26(33-4-2)27(21)34-18-19-9-7-10-23(15-19)30(31)32/h3,5-7,9-16H,1,4,8,18H2,2H3. The number of non-ortho nitro benzene ring substituents is 1. The summed E-state index contributed by atoms with van der Waals surface area (Å²) in [5.74, 6) is 0.447. The Labute approximate surface area is 197 Å². The van der Waals surface area contributed by atoms with Crippen LogP contribution in [0.5, 0.6) is 11.5 Å². The molecule has 0 heterocycles. The molecule has 0 atom stereocenters. The van der Waals surface area contributed by atoms with Gasteiger partial charge in [-0.1, -0.05) is 36.4 Å². The van der Waals surface area contributed by atoms with Gasteiger partial charge in [-0.25, -0.2) is 4.39 Å². The van der Waals surface area contributed by atoms with Gasteiger partial charge in [0.15, 0.2) is 11.5 Å². The van der Waals surface area contributed by atoms with E-state index in [9.17, 15) is 19.8 Å². The number of allylic oxidation sites excluding steroid dienone is 2. The van der Waals surface area contributed by atoms with E-state index in [4.69, 9.17) is 9.47 Å². The van der Waals surface area contributed by atoms with E-state index < -0.39 is 10.7 Å². The van der Waals surface area contributed by atoms with E-state index in [0.717, 1.165) is 5.56 Å². The number of benzene rings is 3. The van der Waals surface area contributed by atoms with Crippen molar-refractivity contribution in [3.63, 3.8) is 0 Å². The van der Waals surface area contributed by atoms with Crippen molar-refractivity contribution in [2.45, 2.75) is 20.0 Å². The average Bonchev–Trinajstić information content (AvgIpc) is 2.83. The molecule has 0 aliphatic heterocycles. The lowest BCUT2D eigenvalue weighted by molar-refractivity contribution is -0.384. The average molecular weight is 458 g/mol. The second-order valence-corrected chi connectivity index (χ2v) is 7.30. The summed E-state index contributed by atoms with van der Waals surface area (Å²) in [5, 5.41) is 20.7. The minimum Gasteiger partial charge on any atom is -0.490 e. The van der Waals surface area contributed by atoms with Gasteiger partial charge in [-0.05, 0) is 48.7 Å². The highest BCUT2D eigenvalue weighted by Gasteiger charge is 2.15.